The van der Waals surface area contributed by atoms with Gasteiger partial charge in [0.15, 0.2) is 0 Å². The third-order valence-corrected chi connectivity index (χ3v) is 4.39. The van der Waals surface area contributed by atoms with Crippen molar-refractivity contribution in [2.75, 3.05) is 32.8 Å². The lowest BCUT2D eigenvalue weighted by atomic mass is 10.2. The molecule has 1 aromatic carbocycles. The molecule has 6 nitrogen and oxygen atoms in total. The van der Waals surface area contributed by atoms with E-state index in [4.69, 9.17) is 4.74 Å². The van der Waals surface area contributed by atoms with Crippen LogP contribution in [0.2, 0.25) is 0 Å². The van der Waals surface area contributed by atoms with E-state index in [1.54, 1.807) is 23.1 Å². The minimum absolute atomic E-state index is 0.0501. The maximum Gasteiger partial charge on any atom is 0.254 e. The van der Waals surface area contributed by atoms with Gasteiger partial charge >= 0.3 is 0 Å². The zero-order valence-corrected chi connectivity index (χ0v) is 13.1. The summed E-state index contributed by atoms with van der Waals surface area (Å²) in [5.74, 6) is 0.0299. The standard InChI is InChI=1S/C17H22N2O4/c20-14-5-1-4-13(12-14)16(21)18-7-3-8-19(10-9-18)17(22)15-6-2-11-23-15/h1,4-5,12,15,20H,2-3,6-11H2. The molecule has 1 unspecified atom stereocenters. The van der Waals surface area contributed by atoms with Crippen LogP contribution >= 0.6 is 0 Å². The van der Waals surface area contributed by atoms with Gasteiger partial charge in [-0.15, -0.1) is 0 Å². The van der Waals surface area contributed by atoms with Gasteiger partial charge < -0.3 is 19.6 Å². The van der Waals surface area contributed by atoms with Gasteiger partial charge in [-0.05, 0) is 37.5 Å². The van der Waals surface area contributed by atoms with Gasteiger partial charge in [-0.1, -0.05) is 6.07 Å². The van der Waals surface area contributed by atoms with Crippen LogP contribution in [0.3, 0.4) is 0 Å². The number of hydrogen-bond acceptors (Lipinski definition) is 4. The summed E-state index contributed by atoms with van der Waals surface area (Å²) in [7, 11) is 0. The van der Waals surface area contributed by atoms with Crippen LogP contribution in [0.25, 0.3) is 0 Å². The highest BCUT2D eigenvalue weighted by molar-refractivity contribution is 5.94. The Labute approximate surface area is 135 Å². The molecule has 2 heterocycles. The Morgan fingerprint density at radius 3 is 2.61 bits per heavy atom. The van der Waals surface area contributed by atoms with E-state index < -0.39 is 0 Å². The Bertz CT molecular complexity index is 584. The first-order valence-electron chi connectivity index (χ1n) is 8.14. The summed E-state index contributed by atoms with van der Waals surface area (Å²) in [5.41, 5.74) is 0.476. The third-order valence-electron chi connectivity index (χ3n) is 4.39. The van der Waals surface area contributed by atoms with Gasteiger partial charge in [0, 0.05) is 38.3 Å². The molecular weight excluding hydrogens is 296 g/mol. The van der Waals surface area contributed by atoms with E-state index in [2.05, 4.69) is 0 Å². The zero-order chi connectivity index (χ0) is 16.2. The van der Waals surface area contributed by atoms with Crippen LogP contribution in [-0.4, -0.2) is 65.6 Å². The van der Waals surface area contributed by atoms with Crippen LogP contribution in [0.4, 0.5) is 0 Å². The first-order valence-corrected chi connectivity index (χ1v) is 8.14. The average molecular weight is 318 g/mol. The van der Waals surface area contributed by atoms with Crippen molar-refractivity contribution < 1.29 is 19.4 Å². The number of phenols is 1. The zero-order valence-electron chi connectivity index (χ0n) is 13.1. The Kier molecular flexibility index (Phi) is 4.81. The molecule has 2 fully saturated rings. The van der Waals surface area contributed by atoms with Crippen LogP contribution < -0.4 is 0 Å². The number of amides is 2. The van der Waals surface area contributed by atoms with Crippen LogP contribution in [0.1, 0.15) is 29.6 Å². The van der Waals surface area contributed by atoms with Gasteiger partial charge in [0.25, 0.3) is 11.8 Å². The lowest BCUT2D eigenvalue weighted by molar-refractivity contribution is -0.140. The van der Waals surface area contributed by atoms with Crippen LogP contribution in [0.5, 0.6) is 5.75 Å². The molecule has 1 aromatic rings. The molecule has 2 amide bonds. The number of carbonyl (C=O) groups excluding carboxylic acids is 2. The molecule has 1 atom stereocenters. The maximum absolute atomic E-state index is 12.5. The summed E-state index contributed by atoms with van der Waals surface area (Å²) >= 11 is 0. The molecule has 0 radical (unpaired) electrons. The highest BCUT2D eigenvalue weighted by Crippen LogP contribution is 2.18. The topological polar surface area (TPSA) is 70.1 Å². The fourth-order valence-electron chi connectivity index (χ4n) is 3.14. The molecular formula is C17H22N2O4. The molecule has 2 saturated heterocycles. The number of benzene rings is 1. The van der Waals surface area contributed by atoms with E-state index in [0.717, 1.165) is 19.3 Å². The minimum atomic E-state index is -0.302. The molecule has 0 spiro atoms. The third kappa shape index (κ3) is 3.64. The first-order chi connectivity index (χ1) is 11.1. The number of aromatic hydroxyl groups is 1. The normalized spacial score (nSPS) is 22.0. The molecule has 1 N–H and O–H groups in total. The number of hydrogen-bond donors (Lipinski definition) is 1. The van der Waals surface area contributed by atoms with Crippen LogP contribution in [0.15, 0.2) is 24.3 Å². The fourth-order valence-corrected chi connectivity index (χ4v) is 3.14. The second-order valence-electron chi connectivity index (χ2n) is 6.02. The van der Waals surface area contributed by atoms with Gasteiger partial charge in [-0.2, -0.15) is 0 Å². The number of nitrogens with zero attached hydrogens (tertiary/aromatic N) is 2. The molecule has 0 aliphatic carbocycles. The molecule has 23 heavy (non-hydrogen) atoms. The predicted molar refractivity (Wildman–Crippen MR) is 84.2 cm³/mol. The number of ether oxygens (including phenoxy) is 1. The molecule has 0 aromatic heterocycles. The Morgan fingerprint density at radius 2 is 1.87 bits per heavy atom. The lowest BCUT2D eigenvalue weighted by Gasteiger charge is -2.24. The van der Waals surface area contributed by atoms with Crippen molar-refractivity contribution in [3.8, 4) is 5.75 Å². The highest BCUT2D eigenvalue weighted by Gasteiger charge is 2.30. The summed E-state index contributed by atoms with van der Waals surface area (Å²) in [4.78, 5) is 28.5. The smallest absolute Gasteiger partial charge is 0.254 e. The summed E-state index contributed by atoms with van der Waals surface area (Å²) in [6, 6.07) is 6.37. The molecule has 0 saturated carbocycles. The van der Waals surface area contributed by atoms with Crippen molar-refractivity contribution in [3.05, 3.63) is 29.8 Å². The fraction of sp³-hybridized carbons (Fsp3) is 0.529. The molecule has 2 aliphatic heterocycles. The first kappa shape index (κ1) is 15.8. The van der Waals surface area contributed by atoms with Crippen molar-refractivity contribution in [1.82, 2.24) is 9.80 Å². The molecule has 2 aliphatic rings. The molecule has 6 heteroatoms. The minimum Gasteiger partial charge on any atom is -0.508 e. The predicted octanol–water partition coefficient (Wildman–Crippen LogP) is 1.25. The van der Waals surface area contributed by atoms with Crippen molar-refractivity contribution in [2.24, 2.45) is 0 Å². The van der Waals surface area contributed by atoms with Gasteiger partial charge in [-0.25, -0.2) is 0 Å². The second kappa shape index (κ2) is 7.00. The Morgan fingerprint density at radius 1 is 1.09 bits per heavy atom. The maximum atomic E-state index is 12.5. The quantitative estimate of drug-likeness (QED) is 0.891. The van der Waals surface area contributed by atoms with Crippen LogP contribution in [-0.2, 0) is 9.53 Å². The second-order valence-corrected chi connectivity index (χ2v) is 6.02. The summed E-state index contributed by atoms with van der Waals surface area (Å²) < 4.78 is 5.47. The molecule has 3 rings (SSSR count). The van der Waals surface area contributed by atoms with E-state index >= 15 is 0 Å². The van der Waals surface area contributed by atoms with Gasteiger partial charge in [0.1, 0.15) is 11.9 Å². The van der Waals surface area contributed by atoms with Gasteiger partial charge in [0.05, 0.1) is 0 Å². The molecule has 0 bridgehead atoms. The number of rotatable bonds is 2. The summed E-state index contributed by atoms with van der Waals surface area (Å²) in [6.45, 7) is 2.97. The number of phenolic OH excluding ortho intramolecular Hbond substituents is 1. The van der Waals surface area contributed by atoms with E-state index in [9.17, 15) is 14.7 Å². The Balaban J connectivity index is 1.61. The van der Waals surface area contributed by atoms with Crippen molar-refractivity contribution in [2.45, 2.75) is 25.4 Å². The lowest BCUT2D eigenvalue weighted by Crippen LogP contribution is -2.41. The van der Waals surface area contributed by atoms with E-state index in [0.29, 0.717) is 38.3 Å². The van der Waals surface area contributed by atoms with Crippen LogP contribution in [0, 0.1) is 0 Å². The Hall–Kier alpha value is -2.08. The average Bonchev–Trinajstić information content (AvgIpc) is 2.98. The highest BCUT2D eigenvalue weighted by atomic mass is 16.5. The SMILES string of the molecule is O=C(c1cccc(O)c1)N1CCCN(C(=O)C2CCCO2)CC1. The van der Waals surface area contributed by atoms with Gasteiger partial charge in [0.2, 0.25) is 0 Å². The van der Waals surface area contributed by atoms with Crippen molar-refractivity contribution in [1.29, 1.82) is 0 Å². The van der Waals surface area contributed by atoms with E-state index in [1.807, 2.05) is 4.90 Å². The number of carbonyl (C=O) groups is 2. The monoisotopic (exact) mass is 318 g/mol. The van der Waals surface area contributed by atoms with Crippen molar-refractivity contribution >= 4 is 11.8 Å². The van der Waals surface area contributed by atoms with Gasteiger partial charge in [-0.3, -0.25) is 9.59 Å². The summed E-state index contributed by atoms with van der Waals surface area (Å²) in [5, 5.41) is 9.51. The largest absolute Gasteiger partial charge is 0.508 e. The van der Waals surface area contributed by atoms with Crippen molar-refractivity contribution in [3.63, 3.8) is 0 Å². The van der Waals surface area contributed by atoms with E-state index in [-0.39, 0.29) is 23.7 Å². The van der Waals surface area contributed by atoms with E-state index in [1.165, 1.54) is 6.07 Å². The summed E-state index contributed by atoms with van der Waals surface area (Å²) in [6.07, 6.45) is 2.18. The molecule has 124 valence electrons.